The second-order valence-electron chi connectivity index (χ2n) is 4.70. The lowest BCUT2D eigenvalue weighted by Crippen LogP contribution is -2.14. The van der Waals surface area contributed by atoms with Crippen molar-refractivity contribution in [2.75, 3.05) is 11.1 Å². The molecule has 0 saturated heterocycles. The summed E-state index contributed by atoms with van der Waals surface area (Å²) in [6.07, 6.45) is 0. The molecule has 0 saturated carbocycles. The van der Waals surface area contributed by atoms with E-state index in [-0.39, 0.29) is 11.7 Å². The molecule has 1 heterocycles. The quantitative estimate of drug-likeness (QED) is 0.646. The second-order valence-corrected chi connectivity index (χ2v) is 6.47. The van der Waals surface area contributed by atoms with Gasteiger partial charge in [0.05, 0.1) is 16.5 Å². The third kappa shape index (κ3) is 4.29. The number of thioether (sulfide) groups is 1. The van der Waals surface area contributed by atoms with Crippen LogP contribution in [-0.2, 0) is 4.79 Å². The molecule has 8 heteroatoms. The van der Waals surface area contributed by atoms with E-state index in [0.29, 0.717) is 26.8 Å². The molecule has 3 rings (SSSR count). The van der Waals surface area contributed by atoms with E-state index in [4.69, 9.17) is 27.6 Å². The molecular formula is C16H11Cl2N3O2S. The van der Waals surface area contributed by atoms with Crippen molar-refractivity contribution in [3.8, 4) is 11.5 Å². The van der Waals surface area contributed by atoms with E-state index < -0.39 is 0 Å². The summed E-state index contributed by atoms with van der Waals surface area (Å²) in [7, 11) is 0. The van der Waals surface area contributed by atoms with Gasteiger partial charge in [0.15, 0.2) is 0 Å². The van der Waals surface area contributed by atoms with Gasteiger partial charge in [-0.3, -0.25) is 4.79 Å². The first-order chi connectivity index (χ1) is 11.6. The summed E-state index contributed by atoms with van der Waals surface area (Å²) in [5.41, 5.74) is 1.29. The molecule has 1 amide bonds. The molecule has 0 bridgehead atoms. The van der Waals surface area contributed by atoms with E-state index in [9.17, 15) is 4.79 Å². The second kappa shape index (κ2) is 7.70. The smallest absolute Gasteiger partial charge is 0.277 e. The van der Waals surface area contributed by atoms with Crippen LogP contribution >= 0.6 is 35.0 Å². The van der Waals surface area contributed by atoms with Gasteiger partial charge in [0.25, 0.3) is 5.22 Å². The first kappa shape index (κ1) is 16.8. The fourth-order valence-corrected chi connectivity index (χ4v) is 2.77. The highest BCUT2D eigenvalue weighted by atomic mass is 35.5. The van der Waals surface area contributed by atoms with Crippen LogP contribution in [0.25, 0.3) is 11.5 Å². The van der Waals surface area contributed by atoms with Crippen LogP contribution in [0.15, 0.2) is 58.2 Å². The summed E-state index contributed by atoms with van der Waals surface area (Å²) in [5, 5.41) is 11.8. The predicted octanol–water partition coefficient (Wildman–Crippen LogP) is 4.77. The summed E-state index contributed by atoms with van der Waals surface area (Å²) in [6, 6.07) is 14.3. The average molecular weight is 380 g/mol. The Balaban J connectivity index is 1.59. The van der Waals surface area contributed by atoms with Crippen LogP contribution in [-0.4, -0.2) is 21.9 Å². The lowest BCUT2D eigenvalue weighted by Gasteiger charge is -2.06. The molecular weight excluding hydrogens is 369 g/mol. The minimum atomic E-state index is -0.247. The van der Waals surface area contributed by atoms with Crippen LogP contribution in [0.1, 0.15) is 0 Å². The van der Waals surface area contributed by atoms with Gasteiger partial charge in [-0.2, -0.15) is 0 Å². The summed E-state index contributed by atoms with van der Waals surface area (Å²) < 4.78 is 5.53. The zero-order chi connectivity index (χ0) is 16.9. The molecule has 122 valence electrons. The molecule has 1 aromatic heterocycles. The average Bonchev–Trinajstić information content (AvgIpc) is 3.06. The van der Waals surface area contributed by atoms with Gasteiger partial charge >= 0.3 is 0 Å². The molecule has 5 nitrogen and oxygen atoms in total. The van der Waals surface area contributed by atoms with Gasteiger partial charge in [0.2, 0.25) is 11.8 Å². The van der Waals surface area contributed by atoms with E-state index in [1.165, 1.54) is 0 Å². The Labute approximate surface area is 152 Å². The summed E-state index contributed by atoms with van der Waals surface area (Å²) >= 11 is 13.0. The number of hydrogen-bond acceptors (Lipinski definition) is 5. The predicted molar refractivity (Wildman–Crippen MR) is 95.5 cm³/mol. The monoisotopic (exact) mass is 379 g/mol. The number of carbonyl (C=O) groups is 1. The lowest BCUT2D eigenvalue weighted by atomic mass is 10.2. The van der Waals surface area contributed by atoms with Gasteiger partial charge in [-0.1, -0.05) is 53.2 Å². The van der Waals surface area contributed by atoms with Crippen molar-refractivity contribution >= 4 is 46.6 Å². The standard InChI is InChI=1S/C16H11Cl2N3O2S/c17-11-6-7-12(18)13(8-11)19-14(22)9-24-16-21-20-15(23-16)10-4-2-1-3-5-10/h1-8H,9H2,(H,19,22). The van der Waals surface area contributed by atoms with Crippen LogP contribution < -0.4 is 5.32 Å². The number of nitrogens with zero attached hydrogens (tertiary/aromatic N) is 2. The molecule has 0 spiro atoms. The summed E-state index contributed by atoms with van der Waals surface area (Å²) in [6.45, 7) is 0. The number of carbonyl (C=O) groups excluding carboxylic acids is 1. The van der Waals surface area contributed by atoms with Crippen molar-refractivity contribution in [3.63, 3.8) is 0 Å². The SMILES string of the molecule is O=C(CSc1nnc(-c2ccccc2)o1)Nc1cc(Cl)ccc1Cl. The Morgan fingerprint density at radius 1 is 1.12 bits per heavy atom. The van der Waals surface area contributed by atoms with Crippen molar-refractivity contribution in [1.82, 2.24) is 10.2 Å². The van der Waals surface area contributed by atoms with E-state index in [2.05, 4.69) is 15.5 Å². The van der Waals surface area contributed by atoms with E-state index in [1.807, 2.05) is 30.3 Å². The summed E-state index contributed by atoms with van der Waals surface area (Å²) in [4.78, 5) is 12.0. The van der Waals surface area contributed by atoms with Gasteiger partial charge in [0.1, 0.15) is 0 Å². The normalized spacial score (nSPS) is 10.6. The van der Waals surface area contributed by atoms with E-state index in [1.54, 1.807) is 18.2 Å². The molecule has 1 N–H and O–H groups in total. The third-order valence-corrected chi connectivity index (χ3v) is 4.34. The molecule has 0 aliphatic heterocycles. The summed E-state index contributed by atoms with van der Waals surface area (Å²) in [5.74, 6) is 0.277. The Morgan fingerprint density at radius 2 is 1.92 bits per heavy atom. The Morgan fingerprint density at radius 3 is 2.71 bits per heavy atom. The third-order valence-electron chi connectivity index (χ3n) is 2.96. The van der Waals surface area contributed by atoms with Crippen LogP contribution in [0.3, 0.4) is 0 Å². The topological polar surface area (TPSA) is 68.0 Å². The minimum Gasteiger partial charge on any atom is -0.411 e. The number of anilines is 1. The van der Waals surface area contributed by atoms with Crippen molar-refractivity contribution in [2.45, 2.75) is 5.22 Å². The zero-order valence-corrected chi connectivity index (χ0v) is 14.5. The molecule has 2 aromatic carbocycles. The number of nitrogens with one attached hydrogen (secondary N) is 1. The van der Waals surface area contributed by atoms with Crippen molar-refractivity contribution < 1.29 is 9.21 Å². The van der Waals surface area contributed by atoms with Gasteiger partial charge in [0, 0.05) is 10.6 Å². The van der Waals surface area contributed by atoms with E-state index in [0.717, 1.165) is 17.3 Å². The highest BCUT2D eigenvalue weighted by Crippen LogP contribution is 2.26. The molecule has 0 atom stereocenters. The zero-order valence-electron chi connectivity index (χ0n) is 12.2. The Kier molecular flexibility index (Phi) is 5.40. The number of rotatable bonds is 5. The Hall–Kier alpha value is -2.02. The fourth-order valence-electron chi connectivity index (χ4n) is 1.87. The van der Waals surface area contributed by atoms with Crippen LogP contribution in [0.2, 0.25) is 10.0 Å². The van der Waals surface area contributed by atoms with Crippen molar-refractivity contribution in [1.29, 1.82) is 0 Å². The molecule has 0 radical (unpaired) electrons. The maximum atomic E-state index is 12.0. The maximum absolute atomic E-state index is 12.0. The number of amides is 1. The van der Waals surface area contributed by atoms with Gasteiger partial charge in [-0.25, -0.2) is 0 Å². The molecule has 0 aliphatic rings. The maximum Gasteiger partial charge on any atom is 0.277 e. The minimum absolute atomic E-state index is 0.110. The highest BCUT2D eigenvalue weighted by Gasteiger charge is 2.12. The van der Waals surface area contributed by atoms with Crippen molar-refractivity contribution in [2.24, 2.45) is 0 Å². The molecule has 3 aromatic rings. The number of benzene rings is 2. The van der Waals surface area contributed by atoms with E-state index >= 15 is 0 Å². The fraction of sp³-hybridized carbons (Fsp3) is 0.0625. The van der Waals surface area contributed by atoms with Crippen LogP contribution in [0, 0.1) is 0 Å². The van der Waals surface area contributed by atoms with Gasteiger partial charge < -0.3 is 9.73 Å². The number of hydrogen-bond donors (Lipinski definition) is 1. The molecule has 24 heavy (non-hydrogen) atoms. The first-order valence-electron chi connectivity index (χ1n) is 6.88. The highest BCUT2D eigenvalue weighted by molar-refractivity contribution is 7.99. The van der Waals surface area contributed by atoms with Crippen LogP contribution in [0.5, 0.6) is 0 Å². The van der Waals surface area contributed by atoms with Crippen LogP contribution in [0.4, 0.5) is 5.69 Å². The van der Waals surface area contributed by atoms with Gasteiger partial charge in [-0.15, -0.1) is 10.2 Å². The molecule has 0 unspecified atom stereocenters. The first-order valence-corrected chi connectivity index (χ1v) is 8.62. The largest absolute Gasteiger partial charge is 0.411 e. The van der Waals surface area contributed by atoms with Crippen molar-refractivity contribution in [3.05, 3.63) is 58.6 Å². The van der Waals surface area contributed by atoms with Gasteiger partial charge in [-0.05, 0) is 30.3 Å². The number of aromatic nitrogens is 2. The lowest BCUT2D eigenvalue weighted by molar-refractivity contribution is -0.113. The number of halogens is 2. The molecule has 0 fully saturated rings. The molecule has 0 aliphatic carbocycles. The Bertz CT molecular complexity index is 856.